The topological polar surface area (TPSA) is 26.3 Å². The minimum Gasteiger partial charge on any atom is -0.426 e. The first-order valence-electron chi connectivity index (χ1n) is 3.04. The molecule has 1 radical (unpaired) electrons. The monoisotopic (exact) mass is 169 g/mol. The van der Waals surface area contributed by atoms with E-state index in [1.54, 1.807) is 18.2 Å². The van der Waals surface area contributed by atoms with Crippen molar-refractivity contribution in [1.82, 2.24) is 0 Å². The fraction of sp³-hybridized carbons (Fsp3) is 0.125. The number of ether oxygens (including phenoxy) is 1. The van der Waals surface area contributed by atoms with Crippen LogP contribution in [0.2, 0.25) is 5.02 Å². The van der Waals surface area contributed by atoms with Crippen LogP contribution in [-0.2, 0) is 4.79 Å². The molecule has 0 N–H and O–H groups in total. The molecule has 0 unspecified atom stereocenters. The Morgan fingerprint density at radius 1 is 1.64 bits per heavy atom. The molecule has 0 fully saturated rings. The minimum absolute atomic E-state index is 0.358. The number of benzene rings is 1. The van der Waals surface area contributed by atoms with Crippen molar-refractivity contribution in [2.45, 2.75) is 6.92 Å². The second kappa shape index (κ2) is 3.39. The molecule has 0 bridgehead atoms. The third-order valence-electron chi connectivity index (χ3n) is 1.000. The highest BCUT2D eigenvalue weighted by molar-refractivity contribution is 6.30. The molecule has 0 spiro atoms. The van der Waals surface area contributed by atoms with Gasteiger partial charge in [-0.3, -0.25) is 4.79 Å². The molecule has 0 aliphatic rings. The van der Waals surface area contributed by atoms with Gasteiger partial charge in [-0.2, -0.15) is 0 Å². The third kappa shape index (κ3) is 2.60. The lowest BCUT2D eigenvalue weighted by molar-refractivity contribution is -0.131. The molecule has 0 aliphatic carbocycles. The third-order valence-corrected chi connectivity index (χ3v) is 1.24. The summed E-state index contributed by atoms with van der Waals surface area (Å²) in [5, 5.41) is 0.570. The molecule has 2 nitrogen and oxygen atoms in total. The fourth-order valence-electron chi connectivity index (χ4n) is 0.610. The zero-order valence-electron chi connectivity index (χ0n) is 5.93. The zero-order chi connectivity index (χ0) is 8.27. The summed E-state index contributed by atoms with van der Waals surface area (Å²) in [4.78, 5) is 10.4. The molecule has 0 saturated carbocycles. The largest absolute Gasteiger partial charge is 0.426 e. The second-order valence-electron chi connectivity index (χ2n) is 1.96. The number of carbonyl (C=O) groups is 1. The quantitative estimate of drug-likeness (QED) is 0.475. The summed E-state index contributed by atoms with van der Waals surface area (Å²) in [6, 6.07) is 7.46. The summed E-state index contributed by atoms with van der Waals surface area (Å²) in [7, 11) is 0. The summed E-state index contributed by atoms with van der Waals surface area (Å²) < 4.78 is 4.72. The fourth-order valence-corrected chi connectivity index (χ4v) is 0.727. The lowest BCUT2D eigenvalue weighted by Crippen LogP contribution is -2.00. The van der Waals surface area contributed by atoms with E-state index in [2.05, 4.69) is 6.07 Å². The Labute approximate surface area is 69.7 Å². The maximum absolute atomic E-state index is 10.4. The average molecular weight is 170 g/mol. The van der Waals surface area contributed by atoms with Crippen molar-refractivity contribution in [3.05, 3.63) is 29.3 Å². The van der Waals surface area contributed by atoms with E-state index < -0.39 is 0 Å². The molecule has 0 aliphatic heterocycles. The van der Waals surface area contributed by atoms with E-state index in [4.69, 9.17) is 16.3 Å². The van der Waals surface area contributed by atoms with Gasteiger partial charge in [-0.05, 0) is 18.2 Å². The summed E-state index contributed by atoms with van der Waals surface area (Å²) in [6.07, 6.45) is 0. The molecular weight excluding hydrogens is 164 g/mol. The highest BCUT2D eigenvalue weighted by atomic mass is 35.5. The average Bonchev–Trinajstić information content (AvgIpc) is 1.93. The number of esters is 1. The highest BCUT2D eigenvalue weighted by Crippen LogP contribution is 2.14. The molecule has 1 rings (SSSR count). The van der Waals surface area contributed by atoms with E-state index in [0.717, 1.165) is 0 Å². The van der Waals surface area contributed by atoms with Crippen molar-refractivity contribution in [3.8, 4) is 5.75 Å². The Morgan fingerprint density at radius 3 is 2.82 bits per heavy atom. The lowest BCUT2D eigenvalue weighted by Gasteiger charge is -1.98. The van der Waals surface area contributed by atoms with Crippen LogP contribution in [0.4, 0.5) is 0 Å². The first kappa shape index (κ1) is 8.08. The maximum Gasteiger partial charge on any atom is 0.308 e. The summed E-state index contributed by atoms with van der Waals surface area (Å²) in [6.45, 7) is 1.34. The molecule has 3 heteroatoms. The van der Waals surface area contributed by atoms with Crippen LogP contribution in [0.5, 0.6) is 5.75 Å². The molecule has 0 atom stereocenters. The van der Waals surface area contributed by atoms with E-state index in [0.29, 0.717) is 10.8 Å². The summed E-state index contributed by atoms with van der Waals surface area (Å²) in [5.41, 5.74) is 0. The Bertz CT molecular complexity index is 253. The van der Waals surface area contributed by atoms with Crippen molar-refractivity contribution in [3.63, 3.8) is 0 Å². The van der Waals surface area contributed by atoms with Gasteiger partial charge in [0.05, 0.1) is 0 Å². The zero-order valence-corrected chi connectivity index (χ0v) is 6.68. The number of rotatable bonds is 1. The van der Waals surface area contributed by atoms with Crippen LogP contribution in [0.25, 0.3) is 0 Å². The molecule has 0 saturated heterocycles. The van der Waals surface area contributed by atoms with Crippen LogP contribution >= 0.6 is 11.6 Å². The smallest absolute Gasteiger partial charge is 0.308 e. The van der Waals surface area contributed by atoms with Gasteiger partial charge in [0.15, 0.2) is 0 Å². The predicted molar refractivity (Wildman–Crippen MR) is 41.6 cm³/mol. The van der Waals surface area contributed by atoms with Crippen molar-refractivity contribution in [1.29, 1.82) is 0 Å². The van der Waals surface area contributed by atoms with Crippen molar-refractivity contribution >= 4 is 17.6 Å². The number of halogens is 1. The van der Waals surface area contributed by atoms with Crippen LogP contribution in [0.15, 0.2) is 18.2 Å². The first-order valence-corrected chi connectivity index (χ1v) is 3.42. The molecule has 0 heterocycles. The van der Waals surface area contributed by atoms with Gasteiger partial charge in [0, 0.05) is 18.0 Å². The van der Waals surface area contributed by atoms with Gasteiger partial charge in [-0.15, -0.1) is 0 Å². The van der Waals surface area contributed by atoms with Gasteiger partial charge >= 0.3 is 5.97 Å². The Balaban J connectivity index is 2.74. The molecule has 11 heavy (non-hydrogen) atoms. The Hall–Kier alpha value is -1.02. The maximum atomic E-state index is 10.4. The van der Waals surface area contributed by atoms with Gasteiger partial charge in [-0.1, -0.05) is 11.6 Å². The van der Waals surface area contributed by atoms with Crippen LogP contribution in [0.1, 0.15) is 6.92 Å². The highest BCUT2D eigenvalue weighted by Gasteiger charge is 1.96. The van der Waals surface area contributed by atoms with E-state index in [1.165, 1.54) is 6.92 Å². The minimum atomic E-state index is -0.358. The second-order valence-corrected chi connectivity index (χ2v) is 2.40. The van der Waals surface area contributed by atoms with E-state index in [9.17, 15) is 4.79 Å². The molecule has 1 aromatic carbocycles. The molecule has 1 aromatic rings. The number of hydrogen-bond donors (Lipinski definition) is 0. The Morgan fingerprint density at radius 2 is 2.36 bits per heavy atom. The van der Waals surface area contributed by atoms with Gasteiger partial charge in [0.25, 0.3) is 0 Å². The number of hydrogen-bond acceptors (Lipinski definition) is 2. The van der Waals surface area contributed by atoms with Crippen LogP contribution < -0.4 is 4.74 Å². The standard InChI is InChI=1S/C8H6ClO2/c1-6(10)11-8-4-2-7(9)3-5-8/h2-4H,1H3. The van der Waals surface area contributed by atoms with Gasteiger partial charge in [-0.25, -0.2) is 0 Å². The predicted octanol–water partition coefficient (Wildman–Crippen LogP) is 2.07. The van der Waals surface area contributed by atoms with E-state index in [-0.39, 0.29) is 5.97 Å². The van der Waals surface area contributed by atoms with Crippen molar-refractivity contribution in [2.75, 3.05) is 0 Å². The Kier molecular flexibility index (Phi) is 2.49. The molecule has 57 valence electrons. The van der Waals surface area contributed by atoms with Crippen LogP contribution in [0, 0.1) is 6.07 Å². The summed E-state index contributed by atoms with van der Waals surface area (Å²) in [5.74, 6) is 0.0328. The van der Waals surface area contributed by atoms with Crippen molar-refractivity contribution in [2.24, 2.45) is 0 Å². The SMILES string of the molecule is CC(=O)Oc1[c]cc(Cl)cc1. The number of carbonyl (C=O) groups excluding carboxylic acids is 1. The molecule has 0 aromatic heterocycles. The van der Waals surface area contributed by atoms with Crippen LogP contribution in [0.3, 0.4) is 0 Å². The van der Waals surface area contributed by atoms with Crippen molar-refractivity contribution < 1.29 is 9.53 Å². The van der Waals surface area contributed by atoms with Gasteiger partial charge in [0.2, 0.25) is 0 Å². The van der Waals surface area contributed by atoms with Crippen LogP contribution in [-0.4, -0.2) is 5.97 Å². The van der Waals surface area contributed by atoms with Gasteiger partial charge in [0.1, 0.15) is 5.75 Å². The van der Waals surface area contributed by atoms with Gasteiger partial charge < -0.3 is 4.74 Å². The van der Waals surface area contributed by atoms with E-state index >= 15 is 0 Å². The lowest BCUT2D eigenvalue weighted by atomic mass is 10.3. The first-order chi connectivity index (χ1) is 5.18. The molecular formula is C8H6ClO2. The summed E-state index contributed by atoms with van der Waals surface area (Å²) >= 11 is 5.58. The normalized spacial score (nSPS) is 9.27. The molecule has 0 amide bonds. The van der Waals surface area contributed by atoms with E-state index in [1.807, 2.05) is 0 Å².